The van der Waals surface area contributed by atoms with Crippen molar-refractivity contribution in [3.8, 4) is 0 Å². The third-order valence-electron chi connectivity index (χ3n) is 4.97. The van der Waals surface area contributed by atoms with Crippen molar-refractivity contribution in [1.82, 2.24) is 30.7 Å². The second-order valence-electron chi connectivity index (χ2n) is 7.22. The van der Waals surface area contributed by atoms with Crippen LogP contribution in [0.5, 0.6) is 0 Å². The van der Waals surface area contributed by atoms with Gasteiger partial charge in [-0.3, -0.25) is 10.2 Å². The van der Waals surface area contributed by atoms with Crippen LogP contribution in [0, 0.1) is 55.4 Å². The first kappa shape index (κ1) is 26.1. The Morgan fingerprint density at radius 1 is 0.500 bits per heavy atom. The average Bonchev–Trinajstić information content (AvgIpc) is 3.44. The summed E-state index contributed by atoms with van der Waals surface area (Å²) in [7, 11) is 0. The van der Waals surface area contributed by atoms with Gasteiger partial charge in [0.1, 0.15) is 23.2 Å². The van der Waals surface area contributed by atoms with Crippen LogP contribution in [0.1, 0.15) is 45.2 Å². The number of hydrogen-bond acceptors (Lipinski definition) is 10. The molecule has 4 aromatic rings. The van der Waals surface area contributed by atoms with E-state index in [1.165, 1.54) is 0 Å². The molecule has 0 saturated carbocycles. The number of H-pyrrole nitrogens is 2. The van der Waals surface area contributed by atoms with Crippen molar-refractivity contribution < 1.29 is 9.05 Å². The van der Waals surface area contributed by atoms with Crippen LogP contribution in [0.3, 0.4) is 0 Å². The molecule has 0 fully saturated rings. The molecule has 0 aromatic carbocycles. The summed E-state index contributed by atoms with van der Waals surface area (Å²) in [6.45, 7) is 15.2. The topological polar surface area (TPSA) is 214 Å². The van der Waals surface area contributed by atoms with Gasteiger partial charge in [-0.05, 0) is 55.4 Å². The molecule has 0 saturated heterocycles. The molecule has 4 aromatic heterocycles. The fraction of sp³-hybridized carbons (Fsp3) is 0.400. The van der Waals surface area contributed by atoms with E-state index in [2.05, 4.69) is 30.7 Å². The molecule has 0 aliphatic rings. The van der Waals surface area contributed by atoms with Crippen molar-refractivity contribution >= 4 is 23.3 Å². The summed E-state index contributed by atoms with van der Waals surface area (Å²) in [5, 5.41) is 20.1. The van der Waals surface area contributed by atoms with Gasteiger partial charge in [0, 0.05) is 33.6 Å². The quantitative estimate of drug-likeness (QED) is 0.232. The van der Waals surface area contributed by atoms with Crippen molar-refractivity contribution in [3.63, 3.8) is 0 Å². The molecule has 0 amide bonds. The molecule has 0 spiro atoms. The molecule has 0 bridgehead atoms. The normalized spacial score (nSPS) is 9.75. The van der Waals surface area contributed by atoms with Crippen LogP contribution in [0.15, 0.2) is 9.05 Å². The maximum absolute atomic E-state index is 5.40. The number of aromatic amines is 2. The summed E-state index contributed by atoms with van der Waals surface area (Å²) in [5.74, 6) is 3.76. The number of aryl methyl sites for hydroxylation is 4. The minimum absolute atomic E-state index is 0.488. The zero-order valence-electron chi connectivity index (χ0n) is 19.9. The summed E-state index contributed by atoms with van der Waals surface area (Å²) in [5.41, 5.74) is 27.5. The number of rotatable bonds is 0. The maximum atomic E-state index is 5.40. The van der Waals surface area contributed by atoms with E-state index >= 15 is 0 Å². The Labute approximate surface area is 187 Å². The van der Waals surface area contributed by atoms with Gasteiger partial charge in [0.2, 0.25) is 0 Å². The van der Waals surface area contributed by atoms with Crippen molar-refractivity contribution in [3.05, 3.63) is 45.2 Å². The molecule has 0 unspecified atom stereocenters. The highest BCUT2D eigenvalue weighted by molar-refractivity contribution is 5.40. The molecule has 176 valence electrons. The van der Waals surface area contributed by atoms with Crippen molar-refractivity contribution in [2.45, 2.75) is 55.4 Å². The average molecular weight is 447 g/mol. The molecular weight excluding hydrogens is 412 g/mol. The van der Waals surface area contributed by atoms with Crippen LogP contribution in [-0.4, -0.2) is 30.7 Å². The number of nitrogens with zero attached hydrogens (tertiary/aromatic N) is 4. The van der Waals surface area contributed by atoms with E-state index in [1.807, 2.05) is 55.4 Å². The highest BCUT2D eigenvalue weighted by atomic mass is 16.5. The molecule has 0 atom stereocenters. The first-order valence-corrected chi connectivity index (χ1v) is 9.77. The van der Waals surface area contributed by atoms with Crippen molar-refractivity contribution in [2.24, 2.45) is 0 Å². The molecule has 4 rings (SSSR count). The number of aromatic nitrogens is 6. The van der Waals surface area contributed by atoms with Gasteiger partial charge in [0.05, 0.1) is 0 Å². The van der Waals surface area contributed by atoms with E-state index in [1.54, 1.807) is 0 Å². The molecule has 4 heterocycles. The Bertz CT molecular complexity index is 865. The van der Waals surface area contributed by atoms with Crippen LogP contribution >= 0.6 is 0 Å². The number of anilines is 4. The van der Waals surface area contributed by atoms with Gasteiger partial charge in [0.15, 0.2) is 11.6 Å². The number of nitrogen functional groups attached to an aromatic ring is 4. The third-order valence-corrected chi connectivity index (χ3v) is 4.97. The van der Waals surface area contributed by atoms with E-state index < -0.39 is 0 Å². The van der Waals surface area contributed by atoms with Gasteiger partial charge < -0.3 is 32.0 Å². The summed E-state index contributed by atoms with van der Waals surface area (Å²) >= 11 is 0. The smallest absolute Gasteiger partial charge is 0.169 e. The molecular formula is C20H34N10O2. The number of nitrogens with two attached hydrogens (primary N) is 4. The Kier molecular flexibility index (Phi) is 9.32. The first-order chi connectivity index (χ1) is 14.9. The maximum Gasteiger partial charge on any atom is 0.169 e. The Morgan fingerprint density at radius 2 is 0.812 bits per heavy atom. The molecule has 10 N–H and O–H groups in total. The van der Waals surface area contributed by atoms with E-state index in [0.29, 0.717) is 23.3 Å². The molecule has 12 heteroatoms. The van der Waals surface area contributed by atoms with Gasteiger partial charge >= 0.3 is 0 Å². The summed E-state index contributed by atoms with van der Waals surface area (Å²) in [4.78, 5) is 0. The van der Waals surface area contributed by atoms with E-state index in [4.69, 9.17) is 32.0 Å². The zero-order chi connectivity index (χ0) is 24.6. The van der Waals surface area contributed by atoms with Gasteiger partial charge in [-0.15, -0.1) is 0 Å². The van der Waals surface area contributed by atoms with Gasteiger partial charge in [-0.25, -0.2) is 0 Å². The Hall–Kier alpha value is -3.96. The van der Waals surface area contributed by atoms with E-state index in [0.717, 1.165) is 45.2 Å². The van der Waals surface area contributed by atoms with E-state index in [9.17, 15) is 0 Å². The van der Waals surface area contributed by atoms with E-state index in [-0.39, 0.29) is 0 Å². The van der Waals surface area contributed by atoms with Crippen LogP contribution in [0.25, 0.3) is 0 Å². The monoisotopic (exact) mass is 446 g/mol. The van der Waals surface area contributed by atoms with Crippen LogP contribution in [0.4, 0.5) is 23.3 Å². The molecule has 32 heavy (non-hydrogen) atoms. The molecule has 12 nitrogen and oxygen atoms in total. The molecule has 0 aliphatic heterocycles. The van der Waals surface area contributed by atoms with Crippen LogP contribution in [-0.2, 0) is 0 Å². The summed E-state index contributed by atoms with van der Waals surface area (Å²) in [6.07, 6.45) is 0. The van der Waals surface area contributed by atoms with Crippen molar-refractivity contribution in [1.29, 1.82) is 0 Å². The van der Waals surface area contributed by atoms with Crippen LogP contribution in [0.2, 0.25) is 0 Å². The third kappa shape index (κ3) is 7.07. The summed E-state index contributed by atoms with van der Waals surface area (Å²) in [6, 6.07) is 0. The molecule has 0 radical (unpaired) electrons. The van der Waals surface area contributed by atoms with Crippen molar-refractivity contribution in [2.75, 3.05) is 22.9 Å². The first-order valence-electron chi connectivity index (χ1n) is 9.77. The minimum atomic E-state index is 0.488. The lowest BCUT2D eigenvalue weighted by Gasteiger charge is -1.83. The standard InChI is InChI=1S/2C5H9N3.2C5H8N2O/c2*1-3-4(2)7-8-5(3)6;2*1-3-4(2)8-7-5(3)6/h2*1-2H3,(H3,6,7,8);2*1-2H3,(H2,6,7). The lowest BCUT2D eigenvalue weighted by molar-refractivity contribution is 0.399. The minimum Gasteiger partial charge on any atom is -0.382 e. The predicted octanol–water partition coefficient (Wildman–Crippen LogP) is 2.96. The molecule has 0 aliphatic carbocycles. The zero-order valence-corrected chi connectivity index (χ0v) is 19.9. The largest absolute Gasteiger partial charge is 0.382 e. The summed E-state index contributed by atoms with van der Waals surface area (Å²) < 4.78 is 9.44. The second-order valence-corrected chi connectivity index (χ2v) is 7.22. The SMILES string of the molecule is Cc1[nH]nc(N)c1C.Cc1[nH]nc(N)c1C.Cc1onc(N)c1C.Cc1onc(N)c1C. The number of nitrogens with one attached hydrogen (secondary N) is 2. The van der Waals surface area contributed by atoms with Crippen LogP contribution < -0.4 is 22.9 Å². The lowest BCUT2D eigenvalue weighted by atomic mass is 10.3. The van der Waals surface area contributed by atoms with Gasteiger partial charge in [0.25, 0.3) is 0 Å². The fourth-order valence-corrected chi connectivity index (χ4v) is 1.88. The fourth-order valence-electron chi connectivity index (χ4n) is 1.88. The highest BCUT2D eigenvalue weighted by Gasteiger charge is 2.02. The predicted molar refractivity (Wildman–Crippen MR) is 126 cm³/mol. The lowest BCUT2D eigenvalue weighted by Crippen LogP contribution is -1.85. The Morgan fingerprint density at radius 3 is 0.875 bits per heavy atom. The second kappa shape index (κ2) is 11.4. The van der Waals surface area contributed by atoms with Gasteiger partial charge in [-0.1, -0.05) is 10.3 Å². The number of hydrogen-bond donors (Lipinski definition) is 6. The highest BCUT2D eigenvalue weighted by Crippen LogP contribution is 2.12. The Balaban J connectivity index is 0.000000213. The van der Waals surface area contributed by atoms with Gasteiger partial charge in [-0.2, -0.15) is 10.2 Å².